The van der Waals surface area contributed by atoms with Gasteiger partial charge in [0.2, 0.25) is 5.91 Å². The molecule has 1 amide bonds. The third-order valence-electron chi connectivity index (χ3n) is 4.72. The van der Waals surface area contributed by atoms with Crippen LogP contribution in [0.5, 0.6) is 0 Å². The predicted octanol–water partition coefficient (Wildman–Crippen LogP) is 1.79. The van der Waals surface area contributed by atoms with E-state index in [1.807, 2.05) is 35.0 Å². The van der Waals surface area contributed by atoms with Gasteiger partial charge < -0.3 is 9.32 Å². The highest BCUT2D eigenvalue weighted by Crippen LogP contribution is 2.20. The van der Waals surface area contributed by atoms with Crippen LogP contribution in [0.3, 0.4) is 0 Å². The molecule has 0 saturated carbocycles. The maximum atomic E-state index is 12.8. The third kappa shape index (κ3) is 2.97. The summed E-state index contributed by atoms with van der Waals surface area (Å²) in [5.41, 5.74) is 2.26. The molecule has 3 heterocycles. The third-order valence-corrected chi connectivity index (χ3v) is 4.72. The van der Waals surface area contributed by atoms with Gasteiger partial charge in [-0.1, -0.05) is 12.1 Å². The smallest absolute Gasteiger partial charge is 0.408 e. The molecule has 1 aromatic carbocycles. The highest BCUT2D eigenvalue weighted by molar-refractivity contribution is 5.80. The van der Waals surface area contributed by atoms with Gasteiger partial charge >= 0.3 is 5.76 Å². The molecule has 0 spiro atoms. The van der Waals surface area contributed by atoms with Crippen molar-refractivity contribution >= 4 is 17.0 Å². The van der Waals surface area contributed by atoms with Crippen LogP contribution in [0.25, 0.3) is 11.1 Å². The van der Waals surface area contributed by atoms with Gasteiger partial charge in [-0.15, -0.1) is 0 Å². The monoisotopic (exact) mass is 340 g/mol. The highest BCUT2D eigenvalue weighted by Gasteiger charge is 2.29. The van der Waals surface area contributed by atoms with Crippen molar-refractivity contribution in [3.63, 3.8) is 0 Å². The summed E-state index contributed by atoms with van der Waals surface area (Å²) in [6.45, 7) is 3.40. The van der Waals surface area contributed by atoms with Gasteiger partial charge in [-0.05, 0) is 37.5 Å². The van der Waals surface area contributed by atoms with Crippen LogP contribution in [-0.2, 0) is 17.9 Å². The molecule has 1 saturated heterocycles. The lowest BCUT2D eigenvalue weighted by atomic mass is 10.2. The van der Waals surface area contributed by atoms with Crippen molar-refractivity contribution in [3.8, 4) is 0 Å². The van der Waals surface area contributed by atoms with Crippen molar-refractivity contribution in [2.75, 3.05) is 6.54 Å². The van der Waals surface area contributed by atoms with Crippen LogP contribution in [0.15, 0.2) is 45.9 Å². The van der Waals surface area contributed by atoms with Gasteiger partial charge in [-0.2, -0.15) is 5.10 Å². The van der Waals surface area contributed by atoms with E-state index in [1.54, 1.807) is 18.2 Å². The molecule has 0 aliphatic carbocycles. The van der Waals surface area contributed by atoms with E-state index in [9.17, 15) is 9.59 Å². The summed E-state index contributed by atoms with van der Waals surface area (Å²) in [6.07, 6.45) is 5.72. The topological polar surface area (TPSA) is 73.3 Å². The number of oxazole rings is 1. The van der Waals surface area contributed by atoms with Gasteiger partial charge in [0.1, 0.15) is 6.54 Å². The Balaban J connectivity index is 1.53. The lowest BCUT2D eigenvalue weighted by Gasteiger charge is -2.24. The molecule has 7 heteroatoms. The first-order valence-electron chi connectivity index (χ1n) is 8.49. The zero-order chi connectivity index (χ0) is 17.4. The van der Waals surface area contributed by atoms with Crippen molar-refractivity contribution < 1.29 is 9.21 Å². The number of rotatable bonds is 4. The minimum atomic E-state index is -0.493. The van der Waals surface area contributed by atoms with Gasteiger partial charge in [-0.25, -0.2) is 4.79 Å². The Hall–Kier alpha value is -2.83. The lowest BCUT2D eigenvalue weighted by Crippen LogP contribution is -2.41. The number of nitrogens with zero attached hydrogens (tertiary/aromatic N) is 4. The van der Waals surface area contributed by atoms with Crippen molar-refractivity contribution in [1.82, 2.24) is 19.2 Å². The Morgan fingerprint density at radius 3 is 3.00 bits per heavy atom. The summed E-state index contributed by atoms with van der Waals surface area (Å²) in [7, 11) is 0. The zero-order valence-electron chi connectivity index (χ0n) is 14.1. The molecular weight excluding hydrogens is 320 g/mol. The van der Waals surface area contributed by atoms with E-state index < -0.39 is 5.76 Å². The molecule has 1 atom stereocenters. The molecule has 1 aliphatic heterocycles. The summed E-state index contributed by atoms with van der Waals surface area (Å²) >= 11 is 0. The standard InChI is InChI=1S/C18H20N4O3/c1-13-9-19-20(10-13)11-14-5-4-8-21(14)17(23)12-22-15-6-2-3-7-16(15)25-18(22)24/h2-3,6-7,9-10,14H,4-5,8,11-12H2,1H3/t14-/m0/s1. The number of carbonyl (C=O) groups is 1. The molecule has 2 aromatic heterocycles. The van der Waals surface area contributed by atoms with E-state index in [0.717, 1.165) is 18.4 Å². The van der Waals surface area contributed by atoms with Crippen molar-refractivity contribution in [3.05, 3.63) is 52.8 Å². The van der Waals surface area contributed by atoms with E-state index in [4.69, 9.17) is 4.42 Å². The number of fused-ring (bicyclic) bond motifs is 1. The van der Waals surface area contributed by atoms with Gasteiger partial charge in [0.05, 0.1) is 24.3 Å². The summed E-state index contributed by atoms with van der Waals surface area (Å²) in [5.74, 6) is -0.548. The SMILES string of the molecule is Cc1cnn(C[C@@H]2CCCN2C(=O)Cn2c(=O)oc3ccccc32)c1. The number of para-hydroxylation sites is 2. The second-order valence-electron chi connectivity index (χ2n) is 6.54. The molecule has 0 N–H and O–H groups in total. The van der Waals surface area contributed by atoms with Crippen molar-refractivity contribution in [1.29, 1.82) is 0 Å². The van der Waals surface area contributed by atoms with Gasteiger partial charge in [0.15, 0.2) is 5.58 Å². The highest BCUT2D eigenvalue weighted by atomic mass is 16.4. The lowest BCUT2D eigenvalue weighted by molar-refractivity contribution is -0.132. The Morgan fingerprint density at radius 2 is 2.20 bits per heavy atom. The second-order valence-corrected chi connectivity index (χ2v) is 6.54. The molecule has 0 unspecified atom stereocenters. The van der Waals surface area contributed by atoms with Gasteiger partial charge in [-0.3, -0.25) is 14.0 Å². The fourth-order valence-corrected chi connectivity index (χ4v) is 3.53. The summed E-state index contributed by atoms with van der Waals surface area (Å²) in [6, 6.07) is 7.27. The van der Waals surface area contributed by atoms with Crippen LogP contribution >= 0.6 is 0 Å². The maximum absolute atomic E-state index is 12.8. The molecular formula is C18H20N4O3. The van der Waals surface area contributed by atoms with Crippen LogP contribution in [0.1, 0.15) is 18.4 Å². The van der Waals surface area contributed by atoms with Crippen LogP contribution in [-0.4, -0.2) is 37.7 Å². The van der Waals surface area contributed by atoms with Gasteiger partial charge in [0.25, 0.3) is 0 Å². The van der Waals surface area contributed by atoms with E-state index in [0.29, 0.717) is 24.2 Å². The van der Waals surface area contributed by atoms with E-state index in [2.05, 4.69) is 5.10 Å². The first-order valence-corrected chi connectivity index (χ1v) is 8.49. The molecule has 25 heavy (non-hydrogen) atoms. The quantitative estimate of drug-likeness (QED) is 0.726. The zero-order valence-corrected chi connectivity index (χ0v) is 14.1. The number of likely N-dealkylation sites (tertiary alicyclic amines) is 1. The van der Waals surface area contributed by atoms with E-state index >= 15 is 0 Å². The van der Waals surface area contributed by atoms with Crippen molar-refractivity contribution in [2.24, 2.45) is 0 Å². The summed E-state index contributed by atoms with van der Waals surface area (Å²) < 4.78 is 8.50. The van der Waals surface area contributed by atoms with Crippen LogP contribution in [0, 0.1) is 6.92 Å². The van der Waals surface area contributed by atoms with Crippen LogP contribution in [0.4, 0.5) is 0 Å². The van der Waals surface area contributed by atoms with E-state index in [-0.39, 0.29) is 18.5 Å². The second kappa shape index (κ2) is 6.23. The van der Waals surface area contributed by atoms with Crippen LogP contribution < -0.4 is 5.76 Å². The van der Waals surface area contributed by atoms with Gasteiger partial charge in [0, 0.05) is 12.7 Å². The fraction of sp³-hybridized carbons (Fsp3) is 0.389. The summed E-state index contributed by atoms with van der Waals surface area (Å²) in [5, 5.41) is 4.31. The Kier molecular flexibility index (Phi) is 3.91. The first kappa shape index (κ1) is 15.7. The predicted molar refractivity (Wildman–Crippen MR) is 92.2 cm³/mol. The molecule has 1 fully saturated rings. The molecule has 0 bridgehead atoms. The first-order chi connectivity index (χ1) is 12.1. The number of benzene rings is 1. The number of hydrogen-bond donors (Lipinski definition) is 0. The number of hydrogen-bond acceptors (Lipinski definition) is 4. The number of carbonyl (C=O) groups excluding carboxylic acids is 1. The number of aromatic nitrogens is 3. The maximum Gasteiger partial charge on any atom is 0.420 e. The minimum Gasteiger partial charge on any atom is -0.408 e. The molecule has 1 aliphatic rings. The molecule has 0 radical (unpaired) electrons. The largest absolute Gasteiger partial charge is 0.420 e. The molecule has 3 aromatic rings. The van der Waals surface area contributed by atoms with Crippen LogP contribution in [0.2, 0.25) is 0 Å². The Labute approximate surface area is 144 Å². The average Bonchev–Trinajstić information content (AvgIpc) is 3.29. The summed E-state index contributed by atoms with van der Waals surface area (Å²) in [4.78, 5) is 26.8. The average molecular weight is 340 g/mol. The molecule has 4 rings (SSSR count). The van der Waals surface area contributed by atoms with Crippen molar-refractivity contribution in [2.45, 2.75) is 38.9 Å². The normalized spacial score (nSPS) is 17.5. The Morgan fingerprint density at radius 1 is 1.36 bits per heavy atom. The fourth-order valence-electron chi connectivity index (χ4n) is 3.53. The minimum absolute atomic E-state index is 0.00445. The Bertz CT molecular complexity index is 968. The molecule has 130 valence electrons. The molecule has 7 nitrogen and oxygen atoms in total. The van der Waals surface area contributed by atoms with E-state index in [1.165, 1.54) is 4.57 Å². The number of aryl methyl sites for hydroxylation is 1. The number of amides is 1.